The lowest BCUT2D eigenvalue weighted by Crippen LogP contribution is -1.91. The van der Waals surface area contributed by atoms with Gasteiger partial charge in [-0.05, 0) is 19.1 Å². The van der Waals surface area contributed by atoms with E-state index >= 15 is 0 Å². The van der Waals surface area contributed by atoms with E-state index in [1.807, 2.05) is 25.3 Å². The summed E-state index contributed by atoms with van der Waals surface area (Å²) >= 11 is 0. The quantitative estimate of drug-likeness (QED) is 0.537. The fourth-order valence-corrected chi connectivity index (χ4v) is 0.911. The van der Waals surface area contributed by atoms with Gasteiger partial charge in [0.2, 0.25) is 0 Å². The monoisotopic (exact) mass is 133 g/mol. The van der Waals surface area contributed by atoms with Gasteiger partial charge in [0, 0.05) is 12.4 Å². The second-order valence-corrected chi connectivity index (χ2v) is 2.20. The maximum absolute atomic E-state index is 4.19. The van der Waals surface area contributed by atoms with Gasteiger partial charge in [0.15, 0.2) is 5.65 Å². The van der Waals surface area contributed by atoms with E-state index in [1.54, 1.807) is 10.7 Å². The Morgan fingerprint density at radius 3 is 3.20 bits per heavy atom. The topological polar surface area (TPSA) is 30.2 Å². The maximum atomic E-state index is 4.19. The van der Waals surface area contributed by atoms with Gasteiger partial charge in [-0.2, -0.15) is 5.10 Å². The minimum Gasteiger partial charge on any atom is -0.236 e. The van der Waals surface area contributed by atoms with Gasteiger partial charge in [0.25, 0.3) is 0 Å². The molecule has 2 aromatic rings. The fourth-order valence-electron chi connectivity index (χ4n) is 0.911. The van der Waals surface area contributed by atoms with Crippen LogP contribution < -0.4 is 0 Å². The molecule has 0 spiro atoms. The number of hydrogen-bond donors (Lipinski definition) is 0. The van der Waals surface area contributed by atoms with Gasteiger partial charge in [0.1, 0.15) is 0 Å². The molecule has 2 aromatic heterocycles. The lowest BCUT2D eigenvalue weighted by Gasteiger charge is -1.91. The number of aryl methyl sites for hydroxylation is 1. The van der Waals surface area contributed by atoms with Gasteiger partial charge in [0.05, 0.1) is 5.69 Å². The SMILES string of the molecule is Cc1ccc2nccn2n1. The molecule has 0 fully saturated rings. The van der Waals surface area contributed by atoms with Crippen molar-refractivity contribution in [2.75, 3.05) is 0 Å². The third-order valence-corrected chi connectivity index (χ3v) is 1.39. The number of rotatable bonds is 0. The molecule has 2 rings (SSSR count). The van der Waals surface area contributed by atoms with Crippen molar-refractivity contribution >= 4 is 5.65 Å². The van der Waals surface area contributed by atoms with Gasteiger partial charge in [-0.3, -0.25) is 0 Å². The molecule has 2 heterocycles. The van der Waals surface area contributed by atoms with Crippen molar-refractivity contribution in [2.24, 2.45) is 0 Å². The average Bonchev–Trinajstić information content (AvgIpc) is 2.33. The molecular formula is C7H7N3. The molecule has 0 saturated carbocycles. The molecule has 0 saturated heterocycles. The summed E-state index contributed by atoms with van der Waals surface area (Å²) < 4.78 is 1.76. The molecule has 0 aromatic carbocycles. The molecule has 0 N–H and O–H groups in total. The Morgan fingerprint density at radius 2 is 2.30 bits per heavy atom. The molecule has 10 heavy (non-hydrogen) atoms. The summed E-state index contributed by atoms with van der Waals surface area (Å²) in [6, 6.07) is 3.89. The van der Waals surface area contributed by atoms with Crippen LogP contribution >= 0.6 is 0 Å². The Bertz CT molecular complexity index is 350. The number of nitrogens with zero attached hydrogens (tertiary/aromatic N) is 3. The van der Waals surface area contributed by atoms with Crippen molar-refractivity contribution in [3.8, 4) is 0 Å². The van der Waals surface area contributed by atoms with Crippen molar-refractivity contribution in [2.45, 2.75) is 6.92 Å². The minimum absolute atomic E-state index is 0.894. The van der Waals surface area contributed by atoms with Crippen LogP contribution in [0.3, 0.4) is 0 Å². The molecule has 0 atom stereocenters. The summed E-state index contributed by atoms with van der Waals surface area (Å²) in [4.78, 5) is 4.06. The van der Waals surface area contributed by atoms with Gasteiger partial charge < -0.3 is 0 Å². The van der Waals surface area contributed by atoms with E-state index in [2.05, 4.69) is 10.1 Å². The van der Waals surface area contributed by atoms with Crippen LogP contribution in [0.15, 0.2) is 24.5 Å². The Hall–Kier alpha value is -1.38. The zero-order valence-corrected chi connectivity index (χ0v) is 5.65. The van der Waals surface area contributed by atoms with Gasteiger partial charge in [-0.25, -0.2) is 9.50 Å². The summed E-state index contributed by atoms with van der Waals surface area (Å²) in [6.45, 7) is 1.96. The number of fused-ring (bicyclic) bond motifs is 1. The Labute approximate surface area is 58.3 Å². The Kier molecular flexibility index (Phi) is 0.974. The minimum atomic E-state index is 0.894. The molecule has 0 aliphatic rings. The van der Waals surface area contributed by atoms with Gasteiger partial charge in [-0.1, -0.05) is 0 Å². The highest BCUT2D eigenvalue weighted by Crippen LogP contribution is 1.97. The van der Waals surface area contributed by atoms with Crippen LogP contribution in [0.1, 0.15) is 5.69 Å². The molecule has 0 radical (unpaired) electrons. The van der Waals surface area contributed by atoms with Gasteiger partial charge >= 0.3 is 0 Å². The predicted octanol–water partition coefficient (Wildman–Crippen LogP) is 1.04. The van der Waals surface area contributed by atoms with Crippen LogP contribution in [0.4, 0.5) is 0 Å². The Morgan fingerprint density at radius 1 is 1.40 bits per heavy atom. The van der Waals surface area contributed by atoms with Crippen LogP contribution in [0.25, 0.3) is 5.65 Å². The first-order chi connectivity index (χ1) is 4.86. The molecule has 0 aliphatic carbocycles. The standard InChI is InChI=1S/C7H7N3/c1-6-2-3-7-8-4-5-10(7)9-6/h2-5H,1H3. The molecule has 50 valence electrons. The molecule has 3 nitrogen and oxygen atoms in total. The normalized spacial score (nSPS) is 10.5. The van der Waals surface area contributed by atoms with E-state index < -0.39 is 0 Å². The molecule has 0 aliphatic heterocycles. The average molecular weight is 133 g/mol. The van der Waals surface area contributed by atoms with E-state index in [1.165, 1.54) is 0 Å². The summed E-state index contributed by atoms with van der Waals surface area (Å²) in [5, 5.41) is 4.19. The van der Waals surface area contributed by atoms with Crippen molar-refractivity contribution < 1.29 is 0 Å². The van der Waals surface area contributed by atoms with Gasteiger partial charge in [-0.15, -0.1) is 0 Å². The van der Waals surface area contributed by atoms with Crippen LogP contribution in [-0.2, 0) is 0 Å². The second-order valence-electron chi connectivity index (χ2n) is 2.20. The van der Waals surface area contributed by atoms with E-state index in [0.717, 1.165) is 11.3 Å². The molecule has 0 unspecified atom stereocenters. The molecule has 3 heteroatoms. The zero-order valence-electron chi connectivity index (χ0n) is 5.65. The molecular weight excluding hydrogens is 126 g/mol. The summed E-state index contributed by atoms with van der Waals surface area (Å²) in [5.74, 6) is 0. The third-order valence-electron chi connectivity index (χ3n) is 1.39. The van der Waals surface area contributed by atoms with E-state index in [4.69, 9.17) is 0 Å². The number of imidazole rings is 1. The lowest BCUT2D eigenvalue weighted by atomic mass is 10.4. The van der Waals surface area contributed by atoms with Crippen LogP contribution in [-0.4, -0.2) is 14.6 Å². The fraction of sp³-hybridized carbons (Fsp3) is 0.143. The molecule has 0 bridgehead atoms. The molecule has 0 amide bonds. The van der Waals surface area contributed by atoms with E-state index in [-0.39, 0.29) is 0 Å². The first-order valence-corrected chi connectivity index (χ1v) is 3.13. The number of hydrogen-bond acceptors (Lipinski definition) is 2. The first-order valence-electron chi connectivity index (χ1n) is 3.13. The summed E-state index contributed by atoms with van der Waals surface area (Å²) in [7, 11) is 0. The van der Waals surface area contributed by atoms with Crippen LogP contribution in [0.2, 0.25) is 0 Å². The number of aromatic nitrogens is 3. The summed E-state index contributed by atoms with van der Waals surface area (Å²) in [6.07, 6.45) is 3.57. The highest BCUT2D eigenvalue weighted by atomic mass is 15.2. The highest BCUT2D eigenvalue weighted by molar-refractivity contribution is 5.35. The van der Waals surface area contributed by atoms with Crippen molar-refractivity contribution in [3.05, 3.63) is 30.2 Å². The highest BCUT2D eigenvalue weighted by Gasteiger charge is 1.91. The first kappa shape index (κ1) is 5.41. The summed E-state index contributed by atoms with van der Waals surface area (Å²) in [5.41, 5.74) is 1.90. The van der Waals surface area contributed by atoms with E-state index in [0.29, 0.717) is 0 Å². The third kappa shape index (κ3) is 0.673. The predicted molar refractivity (Wildman–Crippen MR) is 37.7 cm³/mol. The van der Waals surface area contributed by atoms with Crippen molar-refractivity contribution in [1.82, 2.24) is 14.6 Å². The van der Waals surface area contributed by atoms with E-state index in [9.17, 15) is 0 Å². The van der Waals surface area contributed by atoms with Crippen molar-refractivity contribution in [3.63, 3.8) is 0 Å². The zero-order chi connectivity index (χ0) is 6.97. The Balaban J connectivity index is 2.86. The van der Waals surface area contributed by atoms with Crippen molar-refractivity contribution in [1.29, 1.82) is 0 Å². The smallest absolute Gasteiger partial charge is 0.153 e. The lowest BCUT2D eigenvalue weighted by molar-refractivity contribution is 0.901. The van der Waals surface area contributed by atoms with Crippen LogP contribution in [0, 0.1) is 6.92 Å². The largest absolute Gasteiger partial charge is 0.236 e. The van der Waals surface area contributed by atoms with Crippen LogP contribution in [0.5, 0.6) is 0 Å². The second kappa shape index (κ2) is 1.80. The maximum Gasteiger partial charge on any atom is 0.153 e.